The fraction of sp³-hybridized carbons (Fsp3) is 0.727. The molecule has 0 spiro atoms. The molecule has 0 amide bonds. The van der Waals surface area contributed by atoms with E-state index in [1.54, 1.807) is 0 Å². The van der Waals surface area contributed by atoms with E-state index in [0.29, 0.717) is 5.92 Å². The highest BCUT2D eigenvalue weighted by atomic mass is 16.5. The number of allylic oxidation sites excluding steroid dienone is 1. The number of hydrogen-bond donors (Lipinski definition) is 1. The molecule has 0 aromatic heterocycles. The van der Waals surface area contributed by atoms with Gasteiger partial charge in [-0.25, -0.2) is 0 Å². The van der Waals surface area contributed by atoms with Gasteiger partial charge in [-0.1, -0.05) is 33.8 Å². The van der Waals surface area contributed by atoms with Crippen LogP contribution in [0, 0.1) is 11.3 Å². The maximum atomic E-state index is 9.65. The van der Waals surface area contributed by atoms with E-state index in [0.717, 1.165) is 18.7 Å². The van der Waals surface area contributed by atoms with E-state index < -0.39 is 0 Å². The van der Waals surface area contributed by atoms with Crippen LogP contribution in [0.5, 0.6) is 0 Å². The molecule has 1 rings (SSSR count). The molecule has 0 bridgehead atoms. The van der Waals surface area contributed by atoms with Crippen molar-refractivity contribution in [2.75, 3.05) is 6.54 Å². The molecule has 0 saturated carbocycles. The highest BCUT2D eigenvalue weighted by Crippen LogP contribution is 2.27. The molecule has 0 radical (unpaired) electrons. The minimum absolute atomic E-state index is 0.206. The maximum Gasteiger partial charge on any atom is 0.230 e. The quantitative estimate of drug-likeness (QED) is 0.488. The van der Waals surface area contributed by atoms with Crippen LogP contribution in [-0.4, -0.2) is 22.2 Å². The van der Waals surface area contributed by atoms with E-state index in [9.17, 15) is 5.21 Å². The largest absolute Gasteiger partial charge is 0.291 e. The number of nitrogens with zero attached hydrogens (tertiary/aromatic N) is 1. The van der Waals surface area contributed by atoms with Gasteiger partial charge in [0.25, 0.3) is 0 Å². The Morgan fingerprint density at radius 1 is 1.46 bits per heavy atom. The molecule has 2 nitrogen and oxygen atoms in total. The Morgan fingerprint density at radius 3 is 2.54 bits per heavy atom. The molecule has 0 aromatic carbocycles. The van der Waals surface area contributed by atoms with Crippen LogP contribution in [0.25, 0.3) is 0 Å². The van der Waals surface area contributed by atoms with E-state index in [-0.39, 0.29) is 5.41 Å². The molecule has 1 unspecified atom stereocenters. The lowest BCUT2D eigenvalue weighted by Crippen LogP contribution is -2.33. The minimum atomic E-state index is 0.206. The van der Waals surface area contributed by atoms with Crippen molar-refractivity contribution in [1.29, 1.82) is 0 Å². The third-order valence-corrected chi connectivity index (χ3v) is 2.84. The van der Waals surface area contributed by atoms with Crippen molar-refractivity contribution in [3.63, 3.8) is 0 Å². The van der Waals surface area contributed by atoms with Gasteiger partial charge in [0.15, 0.2) is 6.54 Å². The normalized spacial score (nSPS) is 20.6. The van der Waals surface area contributed by atoms with E-state index >= 15 is 0 Å². The Labute approximate surface area is 80.5 Å². The second kappa shape index (κ2) is 3.52. The molecule has 0 aromatic rings. The Hall–Kier alpha value is -0.790. The number of hydrogen-bond acceptors (Lipinski definition) is 1. The highest BCUT2D eigenvalue weighted by molar-refractivity contribution is 5.93. The Bertz CT molecular complexity index is 245. The molecule has 1 aliphatic rings. The predicted octanol–water partition coefficient (Wildman–Crippen LogP) is 2.47. The molecule has 0 fully saturated rings. The standard InChI is InChI=1S/C11H20NO/c1-9(11(2,3)4)10-7-5-6-8-12(10)13/h5,7,9,13H,6,8H2,1-4H3/q+1. The average molecular weight is 182 g/mol. The van der Waals surface area contributed by atoms with Crippen LogP contribution in [0.15, 0.2) is 12.2 Å². The molecule has 1 N–H and O–H groups in total. The summed E-state index contributed by atoms with van der Waals surface area (Å²) in [5.74, 6) is 0.383. The summed E-state index contributed by atoms with van der Waals surface area (Å²) in [6.45, 7) is 9.48. The van der Waals surface area contributed by atoms with Crippen LogP contribution in [-0.2, 0) is 0 Å². The fourth-order valence-electron chi connectivity index (χ4n) is 1.43. The number of hydroxylamine groups is 1. The summed E-state index contributed by atoms with van der Waals surface area (Å²) in [4.78, 5) is 0. The van der Waals surface area contributed by atoms with Crippen molar-refractivity contribution in [2.45, 2.75) is 34.1 Å². The zero-order valence-electron chi connectivity index (χ0n) is 9.04. The molecule has 1 atom stereocenters. The summed E-state index contributed by atoms with van der Waals surface area (Å²) >= 11 is 0. The first-order chi connectivity index (χ1) is 5.93. The summed E-state index contributed by atoms with van der Waals surface area (Å²) in [6.07, 6.45) is 5.11. The highest BCUT2D eigenvalue weighted by Gasteiger charge is 2.31. The Morgan fingerprint density at radius 2 is 2.08 bits per heavy atom. The topological polar surface area (TPSA) is 23.2 Å². The summed E-state index contributed by atoms with van der Waals surface area (Å²) in [6, 6.07) is 0. The average Bonchev–Trinajstić information content (AvgIpc) is 2.02. The maximum absolute atomic E-state index is 9.65. The van der Waals surface area contributed by atoms with Crippen molar-refractivity contribution < 1.29 is 9.95 Å². The predicted molar refractivity (Wildman–Crippen MR) is 54.3 cm³/mol. The van der Waals surface area contributed by atoms with Crippen molar-refractivity contribution >= 4 is 5.71 Å². The molecular weight excluding hydrogens is 162 g/mol. The summed E-state index contributed by atoms with van der Waals surface area (Å²) in [7, 11) is 0. The van der Waals surface area contributed by atoms with Crippen LogP contribution >= 0.6 is 0 Å². The lowest BCUT2D eigenvalue weighted by Gasteiger charge is -2.25. The van der Waals surface area contributed by atoms with Crippen LogP contribution in [0.3, 0.4) is 0 Å². The van der Waals surface area contributed by atoms with Gasteiger partial charge in [-0.05, 0) is 10.2 Å². The van der Waals surface area contributed by atoms with Crippen molar-refractivity contribution in [3.05, 3.63) is 12.2 Å². The molecule has 74 valence electrons. The van der Waals surface area contributed by atoms with Gasteiger partial charge in [-0.15, -0.1) is 0 Å². The zero-order chi connectivity index (χ0) is 10.1. The smallest absolute Gasteiger partial charge is 0.230 e. The van der Waals surface area contributed by atoms with E-state index in [1.165, 1.54) is 4.74 Å². The van der Waals surface area contributed by atoms with Crippen molar-refractivity contribution in [2.24, 2.45) is 11.3 Å². The third-order valence-electron chi connectivity index (χ3n) is 2.84. The van der Waals surface area contributed by atoms with Gasteiger partial charge in [0, 0.05) is 12.5 Å². The molecule has 13 heavy (non-hydrogen) atoms. The first-order valence-electron chi connectivity index (χ1n) is 4.92. The Kier molecular flexibility index (Phi) is 2.79. The van der Waals surface area contributed by atoms with Crippen LogP contribution < -0.4 is 0 Å². The van der Waals surface area contributed by atoms with Crippen molar-refractivity contribution in [3.8, 4) is 0 Å². The number of rotatable bonds is 1. The van der Waals surface area contributed by atoms with E-state index in [2.05, 4.69) is 33.8 Å². The van der Waals surface area contributed by atoms with E-state index in [1.807, 2.05) is 6.08 Å². The summed E-state index contributed by atoms with van der Waals surface area (Å²) in [5.41, 5.74) is 1.25. The van der Waals surface area contributed by atoms with E-state index in [4.69, 9.17) is 0 Å². The summed E-state index contributed by atoms with van der Waals surface area (Å²) < 4.78 is 1.38. The second-order valence-electron chi connectivity index (χ2n) is 4.83. The molecule has 1 heterocycles. The molecule has 0 saturated heterocycles. The van der Waals surface area contributed by atoms with Crippen LogP contribution in [0.4, 0.5) is 0 Å². The third kappa shape index (κ3) is 2.33. The van der Waals surface area contributed by atoms with Gasteiger partial charge in [-0.2, -0.15) is 0 Å². The molecule has 2 heteroatoms. The second-order valence-corrected chi connectivity index (χ2v) is 4.83. The van der Waals surface area contributed by atoms with Gasteiger partial charge in [0.2, 0.25) is 5.71 Å². The van der Waals surface area contributed by atoms with Crippen LogP contribution in [0.1, 0.15) is 34.1 Å². The van der Waals surface area contributed by atoms with Gasteiger partial charge >= 0.3 is 0 Å². The molecule has 0 aliphatic carbocycles. The van der Waals surface area contributed by atoms with Crippen molar-refractivity contribution in [1.82, 2.24) is 0 Å². The lowest BCUT2D eigenvalue weighted by molar-refractivity contribution is -0.775. The monoisotopic (exact) mass is 182 g/mol. The minimum Gasteiger partial charge on any atom is -0.291 e. The first-order valence-corrected chi connectivity index (χ1v) is 4.92. The first kappa shape index (κ1) is 10.3. The molecule has 1 aliphatic heterocycles. The van der Waals surface area contributed by atoms with Crippen LogP contribution in [0.2, 0.25) is 0 Å². The SMILES string of the molecule is CC(C1=[N+](O)CCC=C1)C(C)(C)C. The lowest BCUT2D eigenvalue weighted by atomic mass is 9.78. The summed E-state index contributed by atoms with van der Waals surface area (Å²) in [5, 5.41) is 9.65. The van der Waals surface area contributed by atoms with Gasteiger partial charge in [-0.3, -0.25) is 5.21 Å². The van der Waals surface area contributed by atoms with Gasteiger partial charge in [0.1, 0.15) is 0 Å². The van der Waals surface area contributed by atoms with Gasteiger partial charge in [0.05, 0.1) is 5.92 Å². The fourth-order valence-corrected chi connectivity index (χ4v) is 1.43. The van der Waals surface area contributed by atoms with Gasteiger partial charge < -0.3 is 0 Å². The zero-order valence-corrected chi connectivity index (χ0v) is 9.04. The molecular formula is C11H20NO+. The Balaban J connectivity index is 2.88.